The smallest absolute Gasteiger partial charge is 0.0721 e. The summed E-state index contributed by atoms with van der Waals surface area (Å²) in [5.74, 6) is 0. The van der Waals surface area contributed by atoms with Gasteiger partial charge in [-0.25, -0.2) is 0 Å². The Morgan fingerprint density at radius 2 is 1.95 bits per heavy atom. The van der Waals surface area contributed by atoms with E-state index in [0.29, 0.717) is 0 Å². The topological polar surface area (TPSA) is 12.4 Å². The number of aliphatic imine (C=N–C) groups is 1. The van der Waals surface area contributed by atoms with E-state index in [2.05, 4.69) is 57.7 Å². The lowest BCUT2D eigenvalue weighted by Gasteiger charge is -2.19. The van der Waals surface area contributed by atoms with E-state index >= 15 is 0 Å². The highest BCUT2D eigenvalue weighted by Crippen LogP contribution is 2.23. The fourth-order valence-corrected chi connectivity index (χ4v) is 2.50. The van der Waals surface area contributed by atoms with Crippen LogP contribution in [0.3, 0.4) is 0 Å². The van der Waals surface area contributed by atoms with Crippen molar-refractivity contribution in [1.29, 1.82) is 0 Å². The summed E-state index contributed by atoms with van der Waals surface area (Å²) in [6.07, 6.45) is 5.36. The minimum Gasteiger partial charge on any atom is -0.284 e. The number of nitrogens with zero attached hydrogens (tertiary/aromatic N) is 1. The number of rotatable bonds is 3. The zero-order valence-corrected chi connectivity index (χ0v) is 13.0. The van der Waals surface area contributed by atoms with Crippen molar-refractivity contribution in [3.05, 3.63) is 70.3 Å². The van der Waals surface area contributed by atoms with Crippen LogP contribution in [0.4, 0.5) is 0 Å². The Labute approximate surface area is 122 Å². The van der Waals surface area contributed by atoms with Gasteiger partial charge in [0.05, 0.1) is 5.71 Å². The Balaban J connectivity index is 2.56. The fraction of sp³-hybridized carbons (Fsp3) is 0.316. The first kappa shape index (κ1) is 14.5. The van der Waals surface area contributed by atoms with Crippen LogP contribution in [0, 0.1) is 6.92 Å². The van der Waals surface area contributed by atoms with Crippen LogP contribution in [-0.4, -0.2) is 12.3 Å². The third-order valence-corrected chi connectivity index (χ3v) is 3.29. The summed E-state index contributed by atoms with van der Waals surface area (Å²) < 4.78 is 0. The van der Waals surface area contributed by atoms with Gasteiger partial charge in [-0.05, 0) is 45.7 Å². The molecule has 0 unspecified atom stereocenters. The minimum absolute atomic E-state index is 0.871. The highest BCUT2D eigenvalue weighted by molar-refractivity contribution is 6.16. The van der Waals surface area contributed by atoms with Gasteiger partial charge in [-0.2, -0.15) is 0 Å². The molecule has 0 saturated heterocycles. The van der Waals surface area contributed by atoms with Crippen molar-refractivity contribution >= 4 is 5.71 Å². The summed E-state index contributed by atoms with van der Waals surface area (Å²) >= 11 is 0. The van der Waals surface area contributed by atoms with E-state index in [1.807, 2.05) is 6.92 Å². The molecule has 0 aliphatic carbocycles. The predicted octanol–water partition coefficient (Wildman–Crippen LogP) is 4.81. The molecule has 0 radical (unpaired) electrons. The average molecular weight is 265 g/mol. The maximum Gasteiger partial charge on any atom is 0.0721 e. The first-order valence-electron chi connectivity index (χ1n) is 7.14. The zero-order chi connectivity index (χ0) is 14.7. The van der Waals surface area contributed by atoms with E-state index < -0.39 is 0 Å². The Kier molecular flexibility index (Phi) is 4.39. The van der Waals surface area contributed by atoms with E-state index in [4.69, 9.17) is 4.99 Å². The lowest BCUT2D eigenvalue weighted by Crippen LogP contribution is -2.15. The molecule has 1 aliphatic heterocycles. The third kappa shape index (κ3) is 3.36. The molecule has 1 heteroatoms. The van der Waals surface area contributed by atoms with E-state index in [1.54, 1.807) is 0 Å². The standard InChI is InChI=1S/C19H23N/c1-13(2)10-17(11-14(3)4)19-18-12-15(5)6-7-16(18)8-9-20-19/h6-7,10-12H,1,8-9H2,2-5H3/b17-10+. The maximum absolute atomic E-state index is 4.78. The molecule has 0 spiro atoms. The van der Waals surface area contributed by atoms with Crippen LogP contribution in [0.5, 0.6) is 0 Å². The summed E-state index contributed by atoms with van der Waals surface area (Å²) in [5.41, 5.74) is 8.57. The Bertz CT molecular complexity index is 623. The molecular weight excluding hydrogens is 242 g/mol. The number of hydrogen-bond donors (Lipinski definition) is 0. The van der Waals surface area contributed by atoms with Gasteiger partial charge in [0.1, 0.15) is 0 Å². The van der Waals surface area contributed by atoms with Crippen molar-refractivity contribution in [3.8, 4) is 0 Å². The summed E-state index contributed by atoms with van der Waals surface area (Å²) in [6.45, 7) is 13.3. The van der Waals surface area contributed by atoms with Crippen molar-refractivity contribution in [3.63, 3.8) is 0 Å². The molecule has 0 N–H and O–H groups in total. The van der Waals surface area contributed by atoms with Gasteiger partial charge in [0.25, 0.3) is 0 Å². The molecule has 0 fully saturated rings. The monoisotopic (exact) mass is 265 g/mol. The third-order valence-electron chi connectivity index (χ3n) is 3.29. The fourth-order valence-electron chi connectivity index (χ4n) is 2.50. The van der Waals surface area contributed by atoms with E-state index in [1.165, 1.54) is 27.8 Å². The van der Waals surface area contributed by atoms with Gasteiger partial charge in [-0.3, -0.25) is 4.99 Å². The Hall–Kier alpha value is -1.89. The lowest BCUT2D eigenvalue weighted by atomic mass is 9.90. The minimum atomic E-state index is 0.871. The first-order valence-corrected chi connectivity index (χ1v) is 7.14. The summed E-state index contributed by atoms with van der Waals surface area (Å²) in [5, 5.41) is 0. The number of hydrogen-bond acceptors (Lipinski definition) is 1. The van der Waals surface area contributed by atoms with Crippen LogP contribution in [0.2, 0.25) is 0 Å². The Morgan fingerprint density at radius 3 is 2.60 bits per heavy atom. The average Bonchev–Trinajstić information content (AvgIpc) is 2.36. The molecule has 1 aromatic carbocycles. The maximum atomic E-state index is 4.78. The van der Waals surface area contributed by atoms with Crippen LogP contribution in [-0.2, 0) is 6.42 Å². The van der Waals surface area contributed by atoms with Gasteiger partial charge < -0.3 is 0 Å². The van der Waals surface area contributed by atoms with Crippen LogP contribution >= 0.6 is 0 Å². The summed E-state index contributed by atoms with van der Waals surface area (Å²) in [7, 11) is 0. The van der Waals surface area contributed by atoms with Gasteiger partial charge in [0.15, 0.2) is 0 Å². The quantitative estimate of drug-likeness (QED) is 0.695. The number of benzene rings is 1. The van der Waals surface area contributed by atoms with Gasteiger partial charge in [-0.15, -0.1) is 0 Å². The molecule has 20 heavy (non-hydrogen) atoms. The second-order valence-corrected chi connectivity index (χ2v) is 5.81. The second kappa shape index (κ2) is 6.04. The molecule has 0 bridgehead atoms. The number of fused-ring (bicyclic) bond motifs is 1. The van der Waals surface area contributed by atoms with Crippen LogP contribution in [0.25, 0.3) is 0 Å². The van der Waals surface area contributed by atoms with Gasteiger partial charge in [0, 0.05) is 17.7 Å². The molecule has 1 heterocycles. The molecule has 0 saturated carbocycles. The zero-order valence-electron chi connectivity index (χ0n) is 13.0. The molecule has 0 aromatic heterocycles. The molecule has 1 aliphatic rings. The molecular formula is C19H23N. The van der Waals surface area contributed by atoms with Gasteiger partial charge in [-0.1, -0.05) is 47.6 Å². The number of aryl methyl sites for hydroxylation is 1. The number of allylic oxidation sites excluding steroid dienone is 5. The van der Waals surface area contributed by atoms with Gasteiger partial charge >= 0.3 is 0 Å². The highest BCUT2D eigenvalue weighted by atomic mass is 14.7. The van der Waals surface area contributed by atoms with Crippen LogP contribution < -0.4 is 0 Å². The lowest BCUT2D eigenvalue weighted by molar-refractivity contribution is 0.942. The highest BCUT2D eigenvalue weighted by Gasteiger charge is 2.16. The predicted molar refractivity (Wildman–Crippen MR) is 88.6 cm³/mol. The largest absolute Gasteiger partial charge is 0.284 e. The van der Waals surface area contributed by atoms with Crippen molar-refractivity contribution in [1.82, 2.24) is 0 Å². The van der Waals surface area contributed by atoms with Crippen molar-refractivity contribution in [2.24, 2.45) is 4.99 Å². The van der Waals surface area contributed by atoms with E-state index in [0.717, 1.165) is 24.3 Å². The first-order chi connectivity index (χ1) is 9.47. The summed E-state index contributed by atoms with van der Waals surface area (Å²) in [6, 6.07) is 6.67. The van der Waals surface area contributed by atoms with Crippen molar-refractivity contribution < 1.29 is 0 Å². The SMILES string of the molecule is C=C(C)/C=C(\C=C(C)C)C1=NCCc2ccc(C)cc21. The Morgan fingerprint density at radius 1 is 1.20 bits per heavy atom. The van der Waals surface area contributed by atoms with Gasteiger partial charge in [0.2, 0.25) is 0 Å². The molecule has 0 atom stereocenters. The molecule has 0 amide bonds. The van der Waals surface area contributed by atoms with E-state index in [-0.39, 0.29) is 0 Å². The van der Waals surface area contributed by atoms with Crippen LogP contribution in [0.15, 0.2) is 58.6 Å². The molecule has 104 valence electrons. The molecule has 1 nitrogen and oxygen atoms in total. The van der Waals surface area contributed by atoms with Crippen LogP contribution in [0.1, 0.15) is 37.5 Å². The molecule has 2 rings (SSSR count). The molecule has 1 aromatic rings. The second-order valence-electron chi connectivity index (χ2n) is 5.81. The summed E-state index contributed by atoms with van der Waals surface area (Å²) in [4.78, 5) is 4.78. The van der Waals surface area contributed by atoms with Crippen molar-refractivity contribution in [2.45, 2.75) is 34.1 Å². The van der Waals surface area contributed by atoms with Crippen molar-refractivity contribution in [2.75, 3.05) is 6.54 Å². The normalized spacial score (nSPS) is 14.4. The van der Waals surface area contributed by atoms with E-state index in [9.17, 15) is 0 Å².